The van der Waals surface area contributed by atoms with Gasteiger partial charge in [0.1, 0.15) is 0 Å². The molecule has 0 spiro atoms. The molecule has 6 heteroatoms. The lowest BCUT2D eigenvalue weighted by Gasteiger charge is -2.35. The summed E-state index contributed by atoms with van der Waals surface area (Å²) in [5.41, 5.74) is 1.01. The van der Waals surface area contributed by atoms with Crippen molar-refractivity contribution in [3.8, 4) is 0 Å². The first-order valence-electron chi connectivity index (χ1n) is 6.02. The molecule has 1 aromatic rings. The van der Waals surface area contributed by atoms with E-state index in [4.69, 9.17) is 33.0 Å². The van der Waals surface area contributed by atoms with E-state index >= 15 is 0 Å². The summed E-state index contributed by atoms with van der Waals surface area (Å²) in [6.45, 7) is 3.51. The van der Waals surface area contributed by atoms with Crippen LogP contribution in [-0.4, -0.2) is 41.8 Å². The van der Waals surface area contributed by atoms with E-state index in [1.54, 1.807) is 6.07 Å². The van der Waals surface area contributed by atoms with Crippen LogP contribution in [0.1, 0.15) is 18.5 Å². The van der Waals surface area contributed by atoms with Gasteiger partial charge in [-0.3, -0.25) is 4.90 Å². The number of carbonyl (C=O) groups is 1. The van der Waals surface area contributed by atoms with Crippen molar-refractivity contribution in [1.82, 2.24) is 4.90 Å². The lowest BCUT2D eigenvalue weighted by atomic mass is 10.1. The number of hydrogen-bond donors (Lipinski definition) is 1. The van der Waals surface area contributed by atoms with Crippen molar-refractivity contribution in [1.29, 1.82) is 0 Å². The molecule has 0 aliphatic carbocycles. The molecule has 0 saturated carbocycles. The van der Waals surface area contributed by atoms with Crippen LogP contribution < -0.4 is 0 Å². The third-order valence-corrected chi connectivity index (χ3v) is 4.09. The highest BCUT2D eigenvalue weighted by Crippen LogP contribution is 2.29. The van der Waals surface area contributed by atoms with Crippen LogP contribution in [0, 0.1) is 0 Å². The van der Waals surface area contributed by atoms with Gasteiger partial charge in [-0.2, -0.15) is 0 Å². The molecular formula is C13H15Cl2NO3. The second-order valence-corrected chi connectivity index (χ2v) is 5.36. The fourth-order valence-corrected chi connectivity index (χ4v) is 2.46. The van der Waals surface area contributed by atoms with Crippen molar-refractivity contribution < 1.29 is 14.6 Å². The summed E-state index contributed by atoms with van der Waals surface area (Å²) in [6.07, 6.45) is -0.765. The van der Waals surface area contributed by atoms with Crippen LogP contribution in [0.2, 0.25) is 10.0 Å². The molecule has 2 rings (SSSR count). The number of rotatable bonds is 3. The Labute approximate surface area is 121 Å². The Morgan fingerprint density at radius 2 is 2.21 bits per heavy atom. The van der Waals surface area contributed by atoms with Gasteiger partial charge in [0.05, 0.1) is 16.7 Å². The van der Waals surface area contributed by atoms with Crippen molar-refractivity contribution in [2.45, 2.75) is 19.1 Å². The van der Waals surface area contributed by atoms with Crippen molar-refractivity contribution in [2.24, 2.45) is 0 Å². The van der Waals surface area contributed by atoms with Gasteiger partial charge in [-0.1, -0.05) is 29.3 Å². The van der Waals surface area contributed by atoms with Gasteiger partial charge in [0.25, 0.3) is 0 Å². The van der Waals surface area contributed by atoms with Crippen LogP contribution in [0.4, 0.5) is 0 Å². The van der Waals surface area contributed by atoms with Crippen LogP contribution in [0.15, 0.2) is 18.2 Å². The number of halogens is 2. The molecule has 104 valence electrons. The Balaban J connectivity index is 2.12. The molecule has 1 saturated heterocycles. The summed E-state index contributed by atoms with van der Waals surface area (Å²) in [6, 6.07) is 5.55. The number of carboxylic acids is 1. The second kappa shape index (κ2) is 6.09. The Morgan fingerprint density at radius 3 is 2.84 bits per heavy atom. The fourth-order valence-electron chi connectivity index (χ4n) is 2.15. The number of ether oxygens (including phenoxy) is 1. The first kappa shape index (κ1) is 14.6. The van der Waals surface area contributed by atoms with E-state index in [1.807, 2.05) is 19.1 Å². The average Bonchev–Trinajstić information content (AvgIpc) is 2.41. The fraction of sp³-hybridized carbons (Fsp3) is 0.462. The van der Waals surface area contributed by atoms with E-state index in [-0.39, 0.29) is 6.04 Å². The number of aliphatic carboxylic acids is 1. The Bertz CT molecular complexity index is 481. The van der Waals surface area contributed by atoms with Gasteiger partial charge in [0.15, 0.2) is 6.10 Å². The maximum Gasteiger partial charge on any atom is 0.334 e. The normalized spacial score (nSPS) is 22.2. The molecule has 2 unspecified atom stereocenters. The third kappa shape index (κ3) is 3.39. The van der Waals surface area contributed by atoms with Crippen molar-refractivity contribution in [2.75, 3.05) is 19.7 Å². The third-order valence-electron chi connectivity index (χ3n) is 3.35. The van der Waals surface area contributed by atoms with Gasteiger partial charge in [-0.05, 0) is 24.6 Å². The molecule has 1 aromatic carbocycles. The SMILES string of the molecule is CC(c1ccc(Cl)c(Cl)c1)N1CCOC(C(=O)O)C1. The van der Waals surface area contributed by atoms with Crippen molar-refractivity contribution in [3.05, 3.63) is 33.8 Å². The highest BCUT2D eigenvalue weighted by Gasteiger charge is 2.29. The summed E-state index contributed by atoms with van der Waals surface area (Å²) in [7, 11) is 0. The monoisotopic (exact) mass is 303 g/mol. The molecular weight excluding hydrogens is 289 g/mol. The van der Waals surface area contributed by atoms with Gasteiger partial charge in [-0.15, -0.1) is 0 Å². The Kier molecular flexibility index (Phi) is 4.68. The Morgan fingerprint density at radius 1 is 1.47 bits per heavy atom. The lowest BCUT2D eigenvalue weighted by molar-refractivity contribution is -0.157. The minimum atomic E-state index is -0.925. The minimum Gasteiger partial charge on any atom is -0.479 e. The largest absolute Gasteiger partial charge is 0.479 e. The van der Waals surface area contributed by atoms with E-state index < -0.39 is 12.1 Å². The number of morpholine rings is 1. The summed E-state index contributed by atoms with van der Waals surface area (Å²) in [4.78, 5) is 13.0. The maximum atomic E-state index is 11.0. The van der Waals surface area contributed by atoms with Crippen LogP contribution in [-0.2, 0) is 9.53 Å². The molecule has 1 N–H and O–H groups in total. The molecule has 0 bridgehead atoms. The quantitative estimate of drug-likeness (QED) is 0.933. The number of carboxylic acid groups (broad SMARTS) is 1. The van der Waals surface area contributed by atoms with Crippen LogP contribution >= 0.6 is 23.2 Å². The van der Waals surface area contributed by atoms with E-state index in [0.717, 1.165) is 5.56 Å². The number of nitrogens with zero attached hydrogens (tertiary/aromatic N) is 1. The van der Waals surface area contributed by atoms with Crippen LogP contribution in [0.5, 0.6) is 0 Å². The van der Waals surface area contributed by atoms with E-state index in [1.165, 1.54) is 0 Å². The zero-order chi connectivity index (χ0) is 14.0. The molecule has 0 amide bonds. The minimum absolute atomic E-state index is 0.0699. The van der Waals surface area contributed by atoms with Gasteiger partial charge in [0.2, 0.25) is 0 Å². The van der Waals surface area contributed by atoms with Gasteiger partial charge in [-0.25, -0.2) is 4.79 Å². The second-order valence-electron chi connectivity index (χ2n) is 4.54. The summed E-state index contributed by atoms with van der Waals surface area (Å²) >= 11 is 11.9. The smallest absolute Gasteiger partial charge is 0.334 e. The molecule has 1 aliphatic heterocycles. The van der Waals surface area contributed by atoms with Gasteiger partial charge < -0.3 is 9.84 Å². The summed E-state index contributed by atoms with van der Waals surface area (Å²) in [5.74, 6) is -0.925. The molecule has 1 fully saturated rings. The first-order valence-corrected chi connectivity index (χ1v) is 6.78. The molecule has 4 nitrogen and oxygen atoms in total. The number of benzene rings is 1. The first-order chi connectivity index (χ1) is 8.99. The maximum absolute atomic E-state index is 11.0. The van der Waals surface area contributed by atoms with E-state index in [2.05, 4.69) is 4.90 Å². The predicted octanol–water partition coefficient (Wildman–Crippen LogP) is 2.84. The summed E-state index contributed by atoms with van der Waals surface area (Å²) < 4.78 is 5.21. The molecule has 0 aromatic heterocycles. The van der Waals surface area contributed by atoms with E-state index in [0.29, 0.717) is 29.7 Å². The zero-order valence-corrected chi connectivity index (χ0v) is 12.0. The standard InChI is InChI=1S/C13H15Cl2NO3/c1-8(9-2-3-10(14)11(15)6-9)16-4-5-19-12(7-16)13(17)18/h2-3,6,8,12H,4-5,7H2,1H3,(H,17,18). The predicted molar refractivity (Wildman–Crippen MR) is 73.8 cm³/mol. The summed E-state index contributed by atoms with van der Waals surface area (Å²) in [5, 5.41) is 10.0. The van der Waals surface area contributed by atoms with Crippen molar-refractivity contribution in [3.63, 3.8) is 0 Å². The van der Waals surface area contributed by atoms with Crippen LogP contribution in [0.25, 0.3) is 0 Å². The highest BCUT2D eigenvalue weighted by atomic mass is 35.5. The van der Waals surface area contributed by atoms with Gasteiger partial charge in [0, 0.05) is 19.1 Å². The average molecular weight is 304 g/mol. The number of hydrogen-bond acceptors (Lipinski definition) is 3. The zero-order valence-electron chi connectivity index (χ0n) is 10.5. The molecule has 19 heavy (non-hydrogen) atoms. The van der Waals surface area contributed by atoms with Crippen LogP contribution in [0.3, 0.4) is 0 Å². The Hall–Kier alpha value is -0.810. The molecule has 1 aliphatic rings. The van der Waals surface area contributed by atoms with E-state index in [9.17, 15) is 4.79 Å². The highest BCUT2D eigenvalue weighted by molar-refractivity contribution is 6.42. The van der Waals surface area contributed by atoms with Gasteiger partial charge >= 0.3 is 5.97 Å². The van der Waals surface area contributed by atoms with Crippen molar-refractivity contribution >= 4 is 29.2 Å². The lowest BCUT2D eigenvalue weighted by Crippen LogP contribution is -2.46. The molecule has 2 atom stereocenters. The topological polar surface area (TPSA) is 49.8 Å². The molecule has 0 radical (unpaired) electrons. The molecule has 1 heterocycles.